The van der Waals surface area contributed by atoms with E-state index in [4.69, 9.17) is 14.0 Å². The number of carbonyl (C=O) groups excluding carboxylic acids is 1. The molecule has 4 rings (SSSR count). The van der Waals surface area contributed by atoms with Crippen LogP contribution in [0.4, 0.5) is 0 Å². The van der Waals surface area contributed by atoms with Gasteiger partial charge in [-0.05, 0) is 36.6 Å². The predicted molar refractivity (Wildman–Crippen MR) is 111 cm³/mol. The molecule has 1 aliphatic rings. The Morgan fingerprint density at radius 2 is 1.90 bits per heavy atom. The van der Waals surface area contributed by atoms with Crippen LogP contribution in [0.15, 0.2) is 53.1 Å². The first kappa shape index (κ1) is 19.9. The van der Waals surface area contributed by atoms with Crippen molar-refractivity contribution in [2.45, 2.75) is 31.7 Å². The van der Waals surface area contributed by atoms with Crippen LogP contribution in [0, 0.1) is 5.92 Å². The smallest absolute Gasteiger partial charge is 0.249 e. The van der Waals surface area contributed by atoms with Crippen molar-refractivity contribution in [2.75, 3.05) is 14.2 Å². The van der Waals surface area contributed by atoms with Gasteiger partial charge in [0.1, 0.15) is 6.04 Å². The van der Waals surface area contributed by atoms with E-state index in [2.05, 4.69) is 15.5 Å². The van der Waals surface area contributed by atoms with Crippen molar-refractivity contribution < 1.29 is 18.8 Å². The molecule has 1 saturated carbocycles. The highest BCUT2D eigenvalue weighted by Crippen LogP contribution is 2.32. The molecule has 0 spiro atoms. The van der Waals surface area contributed by atoms with Crippen LogP contribution in [0.5, 0.6) is 11.5 Å². The lowest BCUT2D eigenvalue weighted by atomic mass is 9.84. The number of nitrogens with zero attached hydrogens (tertiary/aromatic N) is 2. The van der Waals surface area contributed by atoms with Crippen molar-refractivity contribution in [2.24, 2.45) is 5.92 Å². The lowest BCUT2D eigenvalue weighted by molar-refractivity contribution is -0.128. The van der Waals surface area contributed by atoms with Crippen molar-refractivity contribution in [1.29, 1.82) is 0 Å². The molecule has 7 nitrogen and oxygen atoms in total. The number of carbonyl (C=O) groups is 1. The maximum atomic E-state index is 12.6. The Hall–Kier alpha value is -3.35. The molecule has 1 aliphatic carbocycles. The SMILES string of the molecule is COc1ccc(-c2noc([C@H](Cc3ccccc3)NC(=O)C3CCC3)n2)cc1OC. The van der Waals surface area contributed by atoms with Crippen LogP contribution >= 0.6 is 0 Å². The third-order valence-electron chi connectivity index (χ3n) is 5.46. The molecular weight excluding hydrogens is 382 g/mol. The van der Waals surface area contributed by atoms with Gasteiger partial charge in [-0.15, -0.1) is 0 Å². The fourth-order valence-electron chi connectivity index (χ4n) is 3.48. The zero-order valence-corrected chi connectivity index (χ0v) is 17.1. The lowest BCUT2D eigenvalue weighted by Crippen LogP contribution is -2.37. The molecule has 1 heterocycles. The Balaban J connectivity index is 1.59. The maximum absolute atomic E-state index is 12.6. The van der Waals surface area contributed by atoms with Gasteiger partial charge in [-0.2, -0.15) is 4.98 Å². The number of rotatable bonds is 8. The van der Waals surface area contributed by atoms with Crippen molar-refractivity contribution in [3.63, 3.8) is 0 Å². The first-order valence-electron chi connectivity index (χ1n) is 10.1. The summed E-state index contributed by atoms with van der Waals surface area (Å²) in [5, 5.41) is 7.24. The monoisotopic (exact) mass is 407 g/mol. The van der Waals surface area contributed by atoms with Crippen LogP contribution in [0.3, 0.4) is 0 Å². The van der Waals surface area contributed by atoms with Crippen molar-refractivity contribution >= 4 is 5.91 Å². The van der Waals surface area contributed by atoms with Gasteiger partial charge in [-0.3, -0.25) is 4.79 Å². The second-order valence-corrected chi connectivity index (χ2v) is 7.40. The molecule has 0 aliphatic heterocycles. The summed E-state index contributed by atoms with van der Waals surface area (Å²) in [5.41, 5.74) is 1.83. The Bertz CT molecular complexity index is 999. The van der Waals surface area contributed by atoms with E-state index < -0.39 is 0 Å². The Kier molecular flexibility index (Phi) is 5.97. The molecule has 7 heteroatoms. The lowest BCUT2D eigenvalue weighted by Gasteiger charge is -2.26. The second-order valence-electron chi connectivity index (χ2n) is 7.40. The molecule has 0 unspecified atom stereocenters. The van der Waals surface area contributed by atoms with Gasteiger partial charge >= 0.3 is 0 Å². The molecule has 1 fully saturated rings. The quantitative estimate of drug-likeness (QED) is 0.608. The van der Waals surface area contributed by atoms with E-state index in [0.29, 0.717) is 29.6 Å². The molecule has 0 bridgehead atoms. The van der Waals surface area contributed by atoms with E-state index in [0.717, 1.165) is 30.4 Å². The van der Waals surface area contributed by atoms with Gasteiger partial charge in [-0.1, -0.05) is 41.9 Å². The van der Waals surface area contributed by atoms with Crippen LogP contribution in [-0.4, -0.2) is 30.3 Å². The number of aromatic nitrogens is 2. The molecule has 30 heavy (non-hydrogen) atoms. The Labute approximate surface area is 175 Å². The van der Waals surface area contributed by atoms with Crippen molar-refractivity contribution in [1.82, 2.24) is 15.5 Å². The minimum absolute atomic E-state index is 0.0491. The fraction of sp³-hybridized carbons (Fsp3) is 0.348. The maximum Gasteiger partial charge on any atom is 0.249 e. The minimum atomic E-state index is -0.387. The molecule has 2 aromatic carbocycles. The molecule has 1 amide bonds. The molecule has 156 valence electrons. The van der Waals surface area contributed by atoms with Crippen LogP contribution < -0.4 is 14.8 Å². The van der Waals surface area contributed by atoms with Crippen molar-refractivity contribution in [3.8, 4) is 22.9 Å². The van der Waals surface area contributed by atoms with E-state index in [1.807, 2.05) is 36.4 Å². The first-order valence-corrected chi connectivity index (χ1v) is 10.1. The highest BCUT2D eigenvalue weighted by atomic mass is 16.5. The summed E-state index contributed by atoms with van der Waals surface area (Å²) in [5.74, 6) is 2.16. The van der Waals surface area contributed by atoms with E-state index in [1.54, 1.807) is 26.4 Å². The van der Waals surface area contributed by atoms with E-state index in [1.165, 1.54) is 0 Å². The normalized spacial score (nSPS) is 14.6. The van der Waals surface area contributed by atoms with Crippen LogP contribution in [0.25, 0.3) is 11.4 Å². The third kappa shape index (κ3) is 4.30. The highest BCUT2D eigenvalue weighted by Gasteiger charge is 2.29. The number of hydrogen-bond acceptors (Lipinski definition) is 6. The average Bonchev–Trinajstić information content (AvgIpc) is 3.22. The van der Waals surface area contributed by atoms with Gasteiger partial charge in [0.25, 0.3) is 0 Å². The zero-order valence-electron chi connectivity index (χ0n) is 17.1. The number of nitrogens with one attached hydrogen (secondary N) is 1. The molecule has 1 aromatic heterocycles. The fourth-order valence-corrected chi connectivity index (χ4v) is 3.48. The number of amides is 1. The Morgan fingerprint density at radius 1 is 1.13 bits per heavy atom. The van der Waals surface area contributed by atoms with E-state index in [9.17, 15) is 4.79 Å². The predicted octanol–water partition coefficient (Wildman–Crippen LogP) is 3.95. The average molecular weight is 407 g/mol. The molecular formula is C23H25N3O4. The largest absolute Gasteiger partial charge is 0.493 e. The third-order valence-corrected chi connectivity index (χ3v) is 5.46. The summed E-state index contributed by atoms with van der Waals surface area (Å²) in [6.07, 6.45) is 3.55. The molecule has 0 radical (unpaired) electrons. The van der Waals surface area contributed by atoms with Crippen LogP contribution in [0.1, 0.15) is 36.8 Å². The van der Waals surface area contributed by atoms with E-state index >= 15 is 0 Å². The van der Waals surface area contributed by atoms with Gasteiger partial charge in [0.2, 0.25) is 17.6 Å². The highest BCUT2D eigenvalue weighted by molar-refractivity contribution is 5.79. The Morgan fingerprint density at radius 3 is 2.57 bits per heavy atom. The second kappa shape index (κ2) is 8.98. The van der Waals surface area contributed by atoms with E-state index in [-0.39, 0.29) is 17.9 Å². The number of hydrogen-bond donors (Lipinski definition) is 1. The summed E-state index contributed by atoms with van der Waals surface area (Å²) < 4.78 is 16.2. The zero-order chi connectivity index (χ0) is 20.9. The van der Waals surface area contributed by atoms with Crippen LogP contribution in [-0.2, 0) is 11.2 Å². The number of methoxy groups -OCH3 is 2. The molecule has 0 saturated heterocycles. The van der Waals surface area contributed by atoms with Crippen LogP contribution in [0.2, 0.25) is 0 Å². The summed E-state index contributed by atoms with van der Waals surface area (Å²) >= 11 is 0. The topological polar surface area (TPSA) is 86.5 Å². The standard InChI is InChI=1S/C23H25N3O4/c1-28-19-12-11-17(14-20(19)29-2)21-25-23(30-26-21)18(13-15-7-4-3-5-8-15)24-22(27)16-9-6-10-16/h3-5,7-8,11-12,14,16,18H,6,9-10,13H2,1-2H3,(H,24,27)/t18-/m0/s1. The van der Waals surface area contributed by atoms with Gasteiger partial charge in [0, 0.05) is 17.9 Å². The summed E-state index contributed by atoms with van der Waals surface area (Å²) in [6.45, 7) is 0. The van der Waals surface area contributed by atoms with Crippen molar-refractivity contribution in [3.05, 3.63) is 60.0 Å². The molecule has 1 N–H and O–H groups in total. The first-order chi connectivity index (χ1) is 14.7. The van der Waals surface area contributed by atoms with Gasteiger partial charge in [-0.25, -0.2) is 0 Å². The van der Waals surface area contributed by atoms with Gasteiger partial charge < -0.3 is 19.3 Å². The van der Waals surface area contributed by atoms with Gasteiger partial charge in [0.05, 0.1) is 14.2 Å². The van der Waals surface area contributed by atoms with Gasteiger partial charge in [0.15, 0.2) is 11.5 Å². The number of ether oxygens (including phenoxy) is 2. The summed E-state index contributed by atoms with van der Waals surface area (Å²) in [6, 6.07) is 15.0. The molecule has 3 aromatic rings. The minimum Gasteiger partial charge on any atom is -0.493 e. The summed E-state index contributed by atoms with van der Waals surface area (Å²) in [4.78, 5) is 17.2. The summed E-state index contributed by atoms with van der Waals surface area (Å²) in [7, 11) is 3.16. The molecule has 1 atom stereocenters. The number of benzene rings is 2.